The van der Waals surface area contributed by atoms with Crippen LogP contribution in [0.4, 0.5) is 5.69 Å². The van der Waals surface area contributed by atoms with E-state index in [1.807, 2.05) is 24.3 Å². The number of benzene rings is 2. The minimum Gasteiger partial charge on any atom is -0.481 e. The summed E-state index contributed by atoms with van der Waals surface area (Å²) in [5, 5.41) is 5.63. The largest absolute Gasteiger partial charge is 0.481 e. The number of amides is 2. The molecular formula is C24H32N2O4. The summed E-state index contributed by atoms with van der Waals surface area (Å²) >= 11 is 0. The SMILES string of the molecule is COCCCNC(=O)c1ccccc1NC(=O)[C@@H](C)Oc1ccc(C(C)(C)C)cc1. The normalized spacial score (nSPS) is 12.2. The standard InChI is InChI=1S/C24H32N2O4/c1-17(30-19-13-11-18(12-14-19)24(2,3)4)22(27)26-21-10-7-6-9-20(21)23(28)25-15-8-16-29-5/h6-7,9-14,17H,8,15-16H2,1-5H3,(H,25,28)(H,26,27)/t17-/m1/s1. The first kappa shape index (κ1) is 23.4. The maximum absolute atomic E-state index is 12.6. The zero-order valence-electron chi connectivity index (χ0n) is 18.5. The summed E-state index contributed by atoms with van der Waals surface area (Å²) in [7, 11) is 1.62. The molecule has 0 aliphatic heterocycles. The molecule has 0 spiro atoms. The lowest BCUT2D eigenvalue weighted by Crippen LogP contribution is -2.32. The van der Waals surface area contributed by atoms with E-state index in [9.17, 15) is 9.59 Å². The Bertz CT molecular complexity index is 841. The summed E-state index contributed by atoms with van der Waals surface area (Å²) in [6.45, 7) is 9.18. The van der Waals surface area contributed by atoms with Crippen LogP contribution in [0.25, 0.3) is 0 Å². The van der Waals surface area contributed by atoms with E-state index in [0.29, 0.717) is 30.2 Å². The van der Waals surface area contributed by atoms with Gasteiger partial charge in [-0.3, -0.25) is 9.59 Å². The number of ether oxygens (including phenoxy) is 2. The maximum atomic E-state index is 12.6. The van der Waals surface area contributed by atoms with Gasteiger partial charge in [0, 0.05) is 20.3 Å². The van der Waals surface area contributed by atoms with E-state index in [-0.39, 0.29) is 17.2 Å². The Kier molecular flexibility index (Phi) is 8.42. The molecule has 0 radical (unpaired) electrons. The lowest BCUT2D eigenvalue weighted by Gasteiger charge is -2.20. The van der Waals surface area contributed by atoms with Crippen LogP contribution in [0.3, 0.4) is 0 Å². The van der Waals surface area contributed by atoms with Gasteiger partial charge in [-0.25, -0.2) is 0 Å². The molecule has 0 saturated carbocycles. The Hall–Kier alpha value is -2.86. The van der Waals surface area contributed by atoms with Crippen LogP contribution in [0.5, 0.6) is 5.75 Å². The van der Waals surface area contributed by atoms with Crippen LogP contribution in [0.2, 0.25) is 0 Å². The fraction of sp³-hybridized carbons (Fsp3) is 0.417. The Morgan fingerprint density at radius 3 is 2.33 bits per heavy atom. The summed E-state index contributed by atoms with van der Waals surface area (Å²) in [6.07, 6.45) is -0.00126. The topological polar surface area (TPSA) is 76.7 Å². The molecule has 30 heavy (non-hydrogen) atoms. The van der Waals surface area contributed by atoms with Crippen LogP contribution in [0.15, 0.2) is 48.5 Å². The second-order valence-electron chi connectivity index (χ2n) is 8.17. The molecule has 0 aliphatic rings. The van der Waals surface area contributed by atoms with Crippen LogP contribution < -0.4 is 15.4 Å². The molecule has 6 heteroatoms. The summed E-state index contributed by atoms with van der Waals surface area (Å²) in [5.41, 5.74) is 2.10. The highest BCUT2D eigenvalue weighted by Gasteiger charge is 2.19. The van der Waals surface area contributed by atoms with Gasteiger partial charge in [0.1, 0.15) is 5.75 Å². The summed E-state index contributed by atoms with van der Waals surface area (Å²) in [6, 6.07) is 14.7. The number of hydrogen-bond donors (Lipinski definition) is 2. The lowest BCUT2D eigenvalue weighted by molar-refractivity contribution is -0.122. The van der Waals surface area contributed by atoms with Gasteiger partial charge < -0.3 is 20.1 Å². The monoisotopic (exact) mass is 412 g/mol. The van der Waals surface area contributed by atoms with E-state index < -0.39 is 6.10 Å². The van der Waals surface area contributed by atoms with Gasteiger partial charge in [0.25, 0.3) is 11.8 Å². The molecular weight excluding hydrogens is 380 g/mol. The van der Waals surface area contributed by atoms with Gasteiger partial charge in [-0.1, -0.05) is 45.0 Å². The first-order chi connectivity index (χ1) is 14.2. The smallest absolute Gasteiger partial charge is 0.265 e. The Labute approximate surface area is 179 Å². The number of nitrogens with one attached hydrogen (secondary N) is 2. The molecule has 1 atom stereocenters. The molecule has 2 N–H and O–H groups in total. The Morgan fingerprint density at radius 2 is 1.70 bits per heavy atom. The van der Waals surface area contributed by atoms with Gasteiger partial charge in [-0.2, -0.15) is 0 Å². The minimum atomic E-state index is -0.719. The maximum Gasteiger partial charge on any atom is 0.265 e. The van der Waals surface area contributed by atoms with E-state index in [1.165, 1.54) is 5.56 Å². The highest BCUT2D eigenvalue weighted by molar-refractivity contribution is 6.04. The minimum absolute atomic E-state index is 0.0510. The van der Waals surface area contributed by atoms with Crippen molar-refractivity contribution in [2.45, 2.75) is 45.6 Å². The molecule has 2 aromatic rings. The van der Waals surface area contributed by atoms with Crippen LogP contribution >= 0.6 is 0 Å². The molecule has 0 fully saturated rings. The summed E-state index contributed by atoms with van der Waals surface area (Å²) in [4.78, 5) is 25.1. The van der Waals surface area contributed by atoms with Crippen molar-refractivity contribution in [2.24, 2.45) is 0 Å². The molecule has 0 heterocycles. The van der Waals surface area contributed by atoms with Gasteiger partial charge >= 0.3 is 0 Å². The first-order valence-electron chi connectivity index (χ1n) is 10.2. The second-order valence-corrected chi connectivity index (χ2v) is 8.17. The second kappa shape index (κ2) is 10.8. The van der Waals surface area contributed by atoms with Crippen molar-refractivity contribution in [1.82, 2.24) is 5.32 Å². The van der Waals surface area contributed by atoms with Crippen LogP contribution in [-0.4, -0.2) is 38.2 Å². The van der Waals surface area contributed by atoms with Gasteiger partial charge in [0.05, 0.1) is 11.3 Å². The third-order valence-corrected chi connectivity index (χ3v) is 4.64. The highest BCUT2D eigenvalue weighted by atomic mass is 16.5. The molecule has 6 nitrogen and oxygen atoms in total. The van der Waals surface area contributed by atoms with E-state index in [0.717, 1.165) is 6.42 Å². The van der Waals surface area contributed by atoms with Crippen LogP contribution in [0.1, 0.15) is 50.0 Å². The van der Waals surface area contributed by atoms with Gasteiger partial charge in [0.15, 0.2) is 6.10 Å². The predicted octanol–water partition coefficient (Wildman–Crippen LogP) is 4.16. The highest BCUT2D eigenvalue weighted by Crippen LogP contribution is 2.25. The number of rotatable bonds is 9. The molecule has 2 amide bonds. The molecule has 0 saturated heterocycles. The van der Waals surface area contributed by atoms with Crippen LogP contribution in [0, 0.1) is 0 Å². The third-order valence-electron chi connectivity index (χ3n) is 4.64. The number of methoxy groups -OCH3 is 1. The van der Waals surface area contributed by atoms with E-state index >= 15 is 0 Å². The predicted molar refractivity (Wildman–Crippen MR) is 119 cm³/mol. The molecule has 0 bridgehead atoms. The van der Waals surface area contributed by atoms with Gasteiger partial charge in [-0.15, -0.1) is 0 Å². The van der Waals surface area contributed by atoms with E-state index in [1.54, 1.807) is 38.3 Å². The molecule has 0 unspecified atom stereocenters. The number of para-hydroxylation sites is 1. The van der Waals surface area contributed by atoms with E-state index in [4.69, 9.17) is 9.47 Å². The molecule has 0 aliphatic carbocycles. The quantitative estimate of drug-likeness (QED) is 0.607. The summed E-state index contributed by atoms with van der Waals surface area (Å²) < 4.78 is 10.8. The number of carbonyl (C=O) groups is 2. The average Bonchev–Trinajstić information content (AvgIpc) is 2.71. The fourth-order valence-electron chi connectivity index (χ4n) is 2.83. The fourth-order valence-corrected chi connectivity index (χ4v) is 2.83. The van der Waals surface area contributed by atoms with E-state index in [2.05, 4.69) is 31.4 Å². The van der Waals surface area contributed by atoms with Crippen molar-refractivity contribution >= 4 is 17.5 Å². The summed E-state index contributed by atoms with van der Waals surface area (Å²) in [5.74, 6) is 0.0534. The molecule has 2 aromatic carbocycles. The number of hydrogen-bond acceptors (Lipinski definition) is 4. The van der Waals surface area contributed by atoms with Crippen molar-refractivity contribution < 1.29 is 19.1 Å². The average molecular weight is 413 g/mol. The molecule has 0 aromatic heterocycles. The number of anilines is 1. The van der Waals surface area contributed by atoms with Gasteiger partial charge in [-0.05, 0) is 48.6 Å². The van der Waals surface area contributed by atoms with Gasteiger partial charge in [0.2, 0.25) is 0 Å². The zero-order chi connectivity index (χ0) is 22.1. The lowest BCUT2D eigenvalue weighted by atomic mass is 9.87. The Balaban J connectivity index is 1.99. The van der Waals surface area contributed by atoms with Crippen molar-refractivity contribution in [3.05, 3.63) is 59.7 Å². The first-order valence-corrected chi connectivity index (χ1v) is 10.2. The third kappa shape index (κ3) is 6.88. The van der Waals surface area contributed by atoms with Crippen molar-refractivity contribution in [1.29, 1.82) is 0 Å². The number of carbonyl (C=O) groups excluding carboxylic acids is 2. The molecule has 162 valence electrons. The van der Waals surface area contributed by atoms with Crippen LogP contribution in [-0.2, 0) is 14.9 Å². The Morgan fingerprint density at radius 1 is 1.03 bits per heavy atom. The zero-order valence-corrected chi connectivity index (χ0v) is 18.5. The van der Waals surface area contributed by atoms with Crippen molar-refractivity contribution in [3.8, 4) is 5.75 Å². The van der Waals surface area contributed by atoms with Crippen molar-refractivity contribution in [2.75, 3.05) is 25.6 Å². The molecule has 2 rings (SSSR count). The van der Waals surface area contributed by atoms with Crippen molar-refractivity contribution in [3.63, 3.8) is 0 Å².